The van der Waals surface area contributed by atoms with Crippen molar-refractivity contribution < 1.29 is 27.1 Å². The normalized spacial score (nSPS) is 11.4. The van der Waals surface area contributed by atoms with Crippen LogP contribution in [-0.4, -0.2) is 40.0 Å². The van der Waals surface area contributed by atoms with Crippen molar-refractivity contribution in [1.29, 1.82) is 0 Å². The molecule has 0 bridgehead atoms. The smallest absolute Gasteiger partial charge is 0.434 e. The molecule has 0 N–H and O–H groups in total. The molecule has 0 spiro atoms. The monoisotopic (exact) mass is 395 g/mol. The van der Waals surface area contributed by atoms with Crippen molar-refractivity contribution in [3.8, 4) is 11.7 Å². The number of carbonyl (C=O) groups excluding carboxylic acids is 1. The first kappa shape index (κ1) is 19.3. The summed E-state index contributed by atoms with van der Waals surface area (Å²) in [6.07, 6.45) is -4.09. The molecule has 0 aliphatic heterocycles. The van der Waals surface area contributed by atoms with Crippen molar-refractivity contribution in [2.75, 3.05) is 19.1 Å². The lowest BCUT2D eigenvalue weighted by atomic mass is 10.2. The molecule has 0 aliphatic carbocycles. The summed E-state index contributed by atoms with van der Waals surface area (Å²) in [5.74, 6) is -1.63. The molecule has 0 unspecified atom stereocenters. The molecule has 0 aliphatic rings. The van der Waals surface area contributed by atoms with E-state index < -0.39 is 29.2 Å². The van der Waals surface area contributed by atoms with Crippen LogP contribution in [0.1, 0.15) is 16.1 Å². The standard InChI is InChI=1S/C17H13F4N5O2/c1-25(11-5-3-10(18)4-6-11)16(27)12-9-22-26(15(12)17(19,20)21)13-7-8-14(28-2)24-23-13/h3-9H,1-2H3. The minimum Gasteiger partial charge on any atom is -0.480 e. The second-order valence-electron chi connectivity index (χ2n) is 5.59. The van der Waals surface area contributed by atoms with Gasteiger partial charge in [-0.1, -0.05) is 0 Å². The number of amides is 1. The fourth-order valence-corrected chi connectivity index (χ4v) is 2.45. The minimum atomic E-state index is -4.90. The van der Waals surface area contributed by atoms with Gasteiger partial charge in [-0.25, -0.2) is 9.07 Å². The number of benzene rings is 1. The zero-order valence-electron chi connectivity index (χ0n) is 14.6. The number of rotatable bonds is 4. The van der Waals surface area contributed by atoms with Crippen molar-refractivity contribution in [3.05, 3.63) is 59.7 Å². The van der Waals surface area contributed by atoms with Gasteiger partial charge in [-0.05, 0) is 30.3 Å². The summed E-state index contributed by atoms with van der Waals surface area (Å²) in [6.45, 7) is 0. The third-order valence-corrected chi connectivity index (χ3v) is 3.84. The van der Waals surface area contributed by atoms with Crippen molar-refractivity contribution >= 4 is 11.6 Å². The van der Waals surface area contributed by atoms with Gasteiger partial charge < -0.3 is 9.64 Å². The maximum Gasteiger partial charge on any atom is 0.434 e. The van der Waals surface area contributed by atoms with Gasteiger partial charge in [-0.15, -0.1) is 10.2 Å². The van der Waals surface area contributed by atoms with Gasteiger partial charge in [0.1, 0.15) is 5.82 Å². The van der Waals surface area contributed by atoms with E-state index >= 15 is 0 Å². The van der Waals surface area contributed by atoms with Crippen LogP contribution < -0.4 is 9.64 Å². The number of carbonyl (C=O) groups is 1. The Morgan fingerprint density at radius 2 is 1.79 bits per heavy atom. The number of hydrogen-bond donors (Lipinski definition) is 0. The Hall–Kier alpha value is -3.50. The Labute approximate surface area is 156 Å². The molecule has 146 valence electrons. The summed E-state index contributed by atoms with van der Waals surface area (Å²) in [6, 6.07) is 7.29. The molecule has 0 saturated carbocycles. The number of methoxy groups -OCH3 is 1. The summed E-state index contributed by atoms with van der Waals surface area (Å²) < 4.78 is 59.5. The van der Waals surface area contributed by atoms with E-state index in [1.54, 1.807) is 0 Å². The van der Waals surface area contributed by atoms with Gasteiger partial charge >= 0.3 is 6.18 Å². The molecule has 7 nitrogen and oxygen atoms in total. The first-order valence-corrected chi connectivity index (χ1v) is 7.79. The fourth-order valence-electron chi connectivity index (χ4n) is 2.45. The number of alkyl halides is 3. The number of halogens is 4. The van der Waals surface area contributed by atoms with Gasteiger partial charge in [0.15, 0.2) is 11.5 Å². The third-order valence-electron chi connectivity index (χ3n) is 3.84. The number of aromatic nitrogens is 4. The number of ether oxygens (including phenoxy) is 1. The highest BCUT2D eigenvalue weighted by Crippen LogP contribution is 2.34. The predicted molar refractivity (Wildman–Crippen MR) is 89.8 cm³/mol. The van der Waals surface area contributed by atoms with Gasteiger partial charge in [0.2, 0.25) is 5.88 Å². The van der Waals surface area contributed by atoms with E-state index in [0.717, 1.165) is 23.2 Å². The van der Waals surface area contributed by atoms with Gasteiger partial charge in [0, 0.05) is 18.8 Å². The molecule has 2 aromatic heterocycles. The maximum atomic E-state index is 13.7. The average molecular weight is 395 g/mol. The highest BCUT2D eigenvalue weighted by atomic mass is 19.4. The van der Waals surface area contributed by atoms with Crippen molar-refractivity contribution in [2.45, 2.75) is 6.18 Å². The highest BCUT2D eigenvalue weighted by molar-refractivity contribution is 6.06. The third kappa shape index (κ3) is 3.63. The zero-order chi connectivity index (χ0) is 20.5. The van der Waals surface area contributed by atoms with Crippen LogP contribution in [0.2, 0.25) is 0 Å². The highest BCUT2D eigenvalue weighted by Gasteiger charge is 2.41. The quantitative estimate of drug-likeness (QED) is 0.635. The topological polar surface area (TPSA) is 73.1 Å². The van der Waals surface area contributed by atoms with Crippen LogP contribution in [0.25, 0.3) is 5.82 Å². The summed E-state index contributed by atoms with van der Waals surface area (Å²) in [5, 5.41) is 10.9. The maximum absolute atomic E-state index is 13.7. The lowest BCUT2D eigenvalue weighted by molar-refractivity contribution is -0.143. The number of hydrogen-bond acceptors (Lipinski definition) is 5. The summed E-state index contributed by atoms with van der Waals surface area (Å²) in [7, 11) is 2.61. The van der Waals surface area contributed by atoms with Crippen LogP contribution in [0.5, 0.6) is 5.88 Å². The second kappa shape index (κ2) is 7.25. The molecule has 0 saturated heterocycles. The van der Waals surface area contributed by atoms with Crippen LogP contribution in [0.3, 0.4) is 0 Å². The van der Waals surface area contributed by atoms with E-state index in [1.807, 2.05) is 0 Å². The molecule has 1 amide bonds. The predicted octanol–water partition coefficient (Wildman–Crippen LogP) is 3.11. The Morgan fingerprint density at radius 1 is 1.11 bits per heavy atom. The van der Waals surface area contributed by atoms with E-state index in [0.29, 0.717) is 4.68 Å². The van der Waals surface area contributed by atoms with Gasteiger partial charge in [0.05, 0.1) is 18.9 Å². The average Bonchev–Trinajstić information content (AvgIpc) is 3.13. The fraction of sp³-hybridized carbons (Fsp3) is 0.176. The molecule has 0 radical (unpaired) electrons. The molecule has 0 atom stereocenters. The first-order valence-electron chi connectivity index (χ1n) is 7.79. The van der Waals surface area contributed by atoms with E-state index in [9.17, 15) is 22.4 Å². The Balaban J connectivity index is 2.04. The van der Waals surface area contributed by atoms with E-state index in [-0.39, 0.29) is 17.4 Å². The molecule has 2 heterocycles. The van der Waals surface area contributed by atoms with E-state index in [2.05, 4.69) is 15.3 Å². The van der Waals surface area contributed by atoms with Crippen LogP contribution >= 0.6 is 0 Å². The van der Waals surface area contributed by atoms with Crippen LogP contribution in [-0.2, 0) is 6.18 Å². The number of anilines is 1. The van der Waals surface area contributed by atoms with Crippen molar-refractivity contribution in [2.24, 2.45) is 0 Å². The van der Waals surface area contributed by atoms with E-state index in [1.165, 1.54) is 38.4 Å². The number of nitrogens with zero attached hydrogens (tertiary/aromatic N) is 5. The van der Waals surface area contributed by atoms with Gasteiger partial charge in [-0.2, -0.15) is 18.3 Å². The molecule has 1 aromatic carbocycles. The summed E-state index contributed by atoms with van der Waals surface area (Å²) in [4.78, 5) is 13.6. The molecule has 3 aromatic rings. The van der Waals surface area contributed by atoms with Gasteiger partial charge in [-0.3, -0.25) is 4.79 Å². The minimum absolute atomic E-state index is 0.108. The summed E-state index contributed by atoms with van der Waals surface area (Å²) >= 11 is 0. The SMILES string of the molecule is COc1ccc(-n2ncc(C(=O)N(C)c3ccc(F)cc3)c2C(F)(F)F)nn1. The van der Waals surface area contributed by atoms with Crippen molar-refractivity contribution in [1.82, 2.24) is 20.0 Å². The lowest BCUT2D eigenvalue weighted by Gasteiger charge is -2.18. The van der Waals surface area contributed by atoms with Crippen LogP contribution in [0.4, 0.5) is 23.2 Å². The van der Waals surface area contributed by atoms with E-state index in [4.69, 9.17) is 4.74 Å². The van der Waals surface area contributed by atoms with Crippen LogP contribution in [0.15, 0.2) is 42.6 Å². The Bertz CT molecular complexity index is 984. The van der Waals surface area contributed by atoms with Crippen molar-refractivity contribution in [3.63, 3.8) is 0 Å². The molecular formula is C17H13F4N5O2. The molecule has 28 heavy (non-hydrogen) atoms. The molecule has 3 rings (SSSR count). The van der Waals surface area contributed by atoms with Crippen LogP contribution in [0, 0.1) is 5.82 Å². The molecule has 0 fully saturated rings. The first-order chi connectivity index (χ1) is 13.2. The zero-order valence-corrected chi connectivity index (χ0v) is 14.6. The molecular weight excluding hydrogens is 382 g/mol. The van der Waals surface area contributed by atoms with Gasteiger partial charge in [0.25, 0.3) is 5.91 Å². The lowest BCUT2D eigenvalue weighted by Crippen LogP contribution is -2.29. The largest absolute Gasteiger partial charge is 0.480 e. The second-order valence-corrected chi connectivity index (χ2v) is 5.59. The Morgan fingerprint density at radius 3 is 2.32 bits per heavy atom. The Kier molecular flexibility index (Phi) is 4.99. The summed E-state index contributed by atoms with van der Waals surface area (Å²) in [5.41, 5.74) is -1.76. The molecule has 11 heteroatoms.